The summed E-state index contributed by atoms with van der Waals surface area (Å²) in [4.78, 5) is 0. The van der Waals surface area contributed by atoms with Crippen LogP contribution in [-0.2, 0) is 0 Å². The normalized spacial score (nSPS) is 10.9. The first-order valence-electron chi connectivity index (χ1n) is 8.17. The second-order valence-corrected chi connectivity index (χ2v) is 5.87. The monoisotopic (exact) mass is 306 g/mol. The first-order chi connectivity index (χ1) is 11.2. The molecule has 0 unspecified atom stereocenters. The fourth-order valence-corrected chi connectivity index (χ4v) is 2.87. The summed E-state index contributed by atoms with van der Waals surface area (Å²) in [5.41, 5.74) is 4.52. The molecular formula is C20H22N2O. The first-order valence-corrected chi connectivity index (χ1v) is 8.17. The molecule has 0 radical (unpaired) electrons. The number of benzene rings is 2. The lowest BCUT2D eigenvalue weighted by molar-refractivity contribution is 0.298. The number of hydrogen-bond donors (Lipinski definition) is 0. The van der Waals surface area contributed by atoms with Crippen molar-refractivity contribution in [2.45, 2.75) is 33.6 Å². The largest absolute Gasteiger partial charge is 0.476 e. The van der Waals surface area contributed by atoms with Gasteiger partial charge in [0.25, 0.3) is 0 Å². The molecule has 0 fully saturated rings. The van der Waals surface area contributed by atoms with Crippen molar-refractivity contribution >= 4 is 10.8 Å². The minimum atomic E-state index is 0.629. The maximum absolute atomic E-state index is 5.84. The molecule has 0 bridgehead atoms. The van der Waals surface area contributed by atoms with Crippen LogP contribution in [0.1, 0.15) is 30.9 Å². The Hall–Kier alpha value is -2.42. The second kappa shape index (κ2) is 6.78. The van der Waals surface area contributed by atoms with E-state index < -0.39 is 0 Å². The molecule has 0 saturated heterocycles. The Bertz CT molecular complexity index is 807. The van der Waals surface area contributed by atoms with E-state index in [2.05, 4.69) is 61.3 Å². The molecule has 0 amide bonds. The summed E-state index contributed by atoms with van der Waals surface area (Å²) in [5.74, 6) is 0.629. The van der Waals surface area contributed by atoms with Crippen LogP contribution < -0.4 is 4.74 Å². The second-order valence-electron chi connectivity index (χ2n) is 5.87. The number of ether oxygens (including phenoxy) is 1. The molecule has 1 aromatic heterocycles. The average Bonchev–Trinajstić information content (AvgIpc) is 2.56. The third-order valence-electron chi connectivity index (χ3n) is 4.11. The zero-order valence-electron chi connectivity index (χ0n) is 14.0. The van der Waals surface area contributed by atoms with E-state index in [9.17, 15) is 0 Å². The highest BCUT2D eigenvalue weighted by atomic mass is 16.5. The Morgan fingerprint density at radius 2 is 1.57 bits per heavy atom. The predicted molar refractivity (Wildman–Crippen MR) is 94.9 cm³/mol. The maximum atomic E-state index is 5.84. The number of hydrogen-bond acceptors (Lipinski definition) is 3. The summed E-state index contributed by atoms with van der Waals surface area (Å²) in [6, 6.07) is 14.5. The summed E-state index contributed by atoms with van der Waals surface area (Å²) in [7, 11) is 0. The molecule has 3 nitrogen and oxygen atoms in total. The molecule has 0 aliphatic carbocycles. The average molecular weight is 306 g/mol. The first kappa shape index (κ1) is 15.5. The van der Waals surface area contributed by atoms with Gasteiger partial charge in [0.2, 0.25) is 5.88 Å². The van der Waals surface area contributed by atoms with Gasteiger partial charge in [0.15, 0.2) is 0 Å². The van der Waals surface area contributed by atoms with Crippen molar-refractivity contribution < 1.29 is 4.74 Å². The van der Waals surface area contributed by atoms with E-state index in [-0.39, 0.29) is 0 Å². The van der Waals surface area contributed by atoms with E-state index in [1.807, 2.05) is 12.1 Å². The number of nitrogens with zero attached hydrogens (tertiary/aromatic N) is 2. The molecule has 0 N–H and O–H groups in total. The van der Waals surface area contributed by atoms with Crippen molar-refractivity contribution in [3.8, 4) is 17.1 Å². The molecule has 3 rings (SSSR count). The van der Waals surface area contributed by atoms with Gasteiger partial charge in [0.1, 0.15) is 5.69 Å². The summed E-state index contributed by atoms with van der Waals surface area (Å²) in [6.07, 6.45) is 2.13. The Kier molecular flexibility index (Phi) is 4.56. The van der Waals surface area contributed by atoms with Crippen LogP contribution in [0.15, 0.2) is 42.5 Å². The third kappa shape index (κ3) is 3.04. The van der Waals surface area contributed by atoms with E-state index in [0.29, 0.717) is 12.5 Å². The zero-order valence-corrected chi connectivity index (χ0v) is 14.0. The summed E-state index contributed by atoms with van der Waals surface area (Å²) in [6.45, 7) is 7.06. The Morgan fingerprint density at radius 3 is 2.26 bits per heavy atom. The highest BCUT2D eigenvalue weighted by molar-refractivity contribution is 5.98. The van der Waals surface area contributed by atoms with Crippen LogP contribution in [0.2, 0.25) is 0 Å². The quantitative estimate of drug-likeness (QED) is 0.616. The summed E-state index contributed by atoms with van der Waals surface area (Å²) < 4.78 is 5.84. The fourth-order valence-electron chi connectivity index (χ4n) is 2.87. The van der Waals surface area contributed by atoms with E-state index in [0.717, 1.165) is 34.9 Å². The number of unbranched alkanes of at least 4 members (excludes halogenated alkanes) is 1. The van der Waals surface area contributed by atoms with Gasteiger partial charge in [-0.1, -0.05) is 49.7 Å². The van der Waals surface area contributed by atoms with Crippen LogP contribution >= 0.6 is 0 Å². The van der Waals surface area contributed by atoms with E-state index in [4.69, 9.17) is 4.74 Å². The van der Waals surface area contributed by atoms with Gasteiger partial charge in [0.05, 0.1) is 6.61 Å². The fraction of sp³-hybridized carbons (Fsp3) is 0.300. The lowest BCUT2D eigenvalue weighted by atomic mass is 9.96. The minimum absolute atomic E-state index is 0.629. The van der Waals surface area contributed by atoms with Gasteiger partial charge in [-0.15, -0.1) is 10.2 Å². The van der Waals surface area contributed by atoms with Crippen LogP contribution in [0.5, 0.6) is 5.88 Å². The van der Waals surface area contributed by atoms with Crippen molar-refractivity contribution in [1.29, 1.82) is 0 Å². The van der Waals surface area contributed by atoms with Gasteiger partial charge in [-0.3, -0.25) is 0 Å². The maximum Gasteiger partial charge on any atom is 0.241 e. The minimum Gasteiger partial charge on any atom is -0.476 e. The van der Waals surface area contributed by atoms with E-state index in [1.54, 1.807) is 0 Å². The lowest BCUT2D eigenvalue weighted by Gasteiger charge is -2.13. The van der Waals surface area contributed by atoms with Gasteiger partial charge in [-0.05, 0) is 37.5 Å². The number of fused-ring (bicyclic) bond motifs is 1. The molecule has 0 aliphatic heterocycles. The zero-order chi connectivity index (χ0) is 16.2. The van der Waals surface area contributed by atoms with Gasteiger partial charge in [-0.25, -0.2) is 0 Å². The Labute approximate surface area is 137 Å². The van der Waals surface area contributed by atoms with E-state index >= 15 is 0 Å². The molecule has 0 saturated carbocycles. The van der Waals surface area contributed by atoms with Crippen LogP contribution in [0.4, 0.5) is 0 Å². The van der Waals surface area contributed by atoms with Crippen molar-refractivity contribution in [2.24, 2.45) is 0 Å². The molecule has 0 spiro atoms. The smallest absolute Gasteiger partial charge is 0.241 e. The standard InChI is InChI=1S/C20H22N2O/c1-4-5-13-23-20-17-12-7-6-11-16(17)19(21-22-20)18-14(2)9-8-10-15(18)3/h6-12H,4-5,13H2,1-3H3. The Balaban J connectivity index is 2.15. The topological polar surface area (TPSA) is 35.0 Å². The molecule has 2 aromatic carbocycles. The summed E-state index contributed by atoms with van der Waals surface area (Å²) in [5, 5.41) is 11.0. The van der Waals surface area contributed by atoms with Crippen molar-refractivity contribution in [3.63, 3.8) is 0 Å². The number of aromatic nitrogens is 2. The molecule has 0 atom stereocenters. The molecule has 118 valence electrons. The molecule has 3 heteroatoms. The molecule has 23 heavy (non-hydrogen) atoms. The van der Waals surface area contributed by atoms with Gasteiger partial charge in [0, 0.05) is 16.3 Å². The SMILES string of the molecule is CCCCOc1nnc(-c2c(C)cccc2C)c2ccccc12. The molecular weight excluding hydrogens is 284 g/mol. The number of rotatable bonds is 5. The van der Waals surface area contributed by atoms with Crippen molar-refractivity contribution in [2.75, 3.05) is 6.61 Å². The summed E-state index contributed by atoms with van der Waals surface area (Å²) >= 11 is 0. The van der Waals surface area contributed by atoms with Crippen LogP contribution in [0.3, 0.4) is 0 Å². The van der Waals surface area contributed by atoms with E-state index in [1.165, 1.54) is 11.1 Å². The van der Waals surface area contributed by atoms with Gasteiger partial charge in [-0.2, -0.15) is 0 Å². The predicted octanol–water partition coefficient (Wildman–Crippen LogP) is 5.09. The van der Waals surface area contributed by atoms with Gasteiger partial charge >= 0.3 is 0 Å². The van der Waals surface area contributed by atoms with Crippen molar-refractivity contribution in [3.05, 3.63) is 53.6 Å². The van der Waals surface area contributed by atoms with Crippen molar-refractivity contribution in [1.82, 2.24) is 10.2 Å². The highest BCUT2D eigenvalue weighted by Crippen LogP contribution is 2.34. The lowest BCUT2D eigenvalue weighted by Crippen LogP contribution is -2.02. The van der Waals surface area contributed by atoms with Crippen LogP contribution in [0.25, 0.3) is 22.0 Å². The molecule has 1 heterocycles. The molecule has 0 aliphatic rings. The third-order valence-corrected chi connectivity index (χ3v) is 4.11. The van der Waals surface area contributed by atoms with Gasteiger partial charge < -0.3 is 4.74 Å². The molecule has 3 aromatic rings. The number of aryl methyl sites for hydroxylation is 2. The van der Waals surface area contributed by atoms with Crippen LogP contribution in [-0.4, -0.2) is 16.8 Å². The highest BCUT2D eigenvalue weighted by Gasteiger charge is 2.14. The van der Waals surface area contributed by atoms with Crippen LogP contribution in [0, 0.1) is 13.8 Å². The Morgan fingerprint density at radius 1 is 0.870 bits per heavy atom.